The zero-order chi connectivity index (χ0) is 15.5. The van der Waals surface area contributed by atoms with E-state index in [0.29, 0.717) is 26.3 Å². The Morgan fingerprint density at radius 2 is 2.09 bits per heavy atom. The van der Waals surface area contributed by atoms with E-state index >= 15 is 0 Å². The Bertz CT molecular complexity index is 551. The molecular formula is C16H22N2O3S. The summed E-state index contributed by atoms with van der Waals surface area (Å²) in [4.78, 5) is 29.1. The molecule has 2 saturated heterocycles. The van der Waals surface area contributed by atoms with Crippen LogP contribution in [0.1, 0.15) is 35.0 Å². The average molecular weight is 322 g/mol. The van der Waals surface area contributed by atoms with Crippen molar-refractivity contribution in [2.24, 2.45) is 0 Å². The van der Waals surface area contributed by atoms with Crippen molar-refractivity contribution >= 4 is 23.0 Å². The predicted molar refractivity (Wildman–Crippen MR) is 85.2 cm³/mol. The number of nitrogens with zero attached hydrogens (tertiary/aromatic N) is 2. The fourth-order valence-corrected chi connectivity index (χ4v) is 3.97. The number of thiophene rings is 1. The van der Waals surface area contributed by atoms with Crippen LogP contribution >= 0.6 is 11.3 Å². The number of carbonyl (C=O) groups excluding carboxylic acids is 2. The molecule has 1 amide bonds. The van der Waals surface area contributed by atoms with E-state index in [1.54, 1.807) is 6.92 Å². The van der Waals surface area contributed by atoms with E-state index in [-0.39, 0.29) is 17.7 Å². The molecule has 0 unspecified atom stereocenters. The van der Waals surface area contributed by atoms with Crippen LogP contribution in [0.3, 0.4) is 0 Å². The molecule has 1 aromatic heterocycles. The summed E-state index contributed by atoms with van der Waals surface area (Å²) in [5.74, 6) is 0.349. The number of hydrogen-bond donors (Lipinski definition) is 0. The number of ketones is 1. The summed E-state index contributed by atoms with van der Waals surface area (Å²) in [7, 11) is 0. The van der Waals surface area contributed by atoms with Gasteiger partial charge in [0.05, 0.1) is 24.1 Å². The van der Waals surface area contributed by atoms with Crippen LogP contribution in [0.15, 0.2) is 11.4 Å². The number of rotatable bonds is 4. The predicted octanol–water partition coefficient (Wildman–Crippen LogP) is 1.77. The van der Waals surface area contributed by atoms with Gasteiger partial charge in [-0.15, -0.1) is 11.3 Å². The van der Waals surface area contributed by atoms with Crippen molar-refractivity contribution in [2.45, 2.75) is 32.4 Å². The first-order valence-electron chi connectivity index (χ1n) is 7.84. The van der Waals surface area contributed by atoms with Crippen LogP contribution in [-0.4, -0.2) is 60.4 Å². The molecule has 22 heavy (non-hydrogen) atoms. The van der Waals surface area contributed by atoms with Crippen LogP contribution in [0, 0.1) is 0 Å². The highest BCUT2D eigenvalue weighted by molar-refractivity contribution is 7.12. The number of hydrogen-bond acceptors (Lipinski definition) is 5. The third-order valence-corrected chi connectivity index (χ3v) is 5.44. The minimum Gasteiger partial charge on any atom is -0.378 e. The van der Waals surface area contributed by atoms with Crippen LogP contribution in [-0.2, 0) is 16.1 Å². The van der Waals surface area contributed by atoms with E-state index in [9.17, 15) is 9.59 Å². The molecule has 0 bridgehead atoms. The van der Waals surface area contributed by atoms with Gasteiger partial charge in [0, 0.05) is 19.6 Å². The molecule has 3 rings (SSSR count). The summed E-state index contributed by atoms with van der Waals surface area (Å²) in [6, 6.07) is 1.94. The third-order valence-electron chi connectivity index (χ3n) is 4.36. The lowest BCUT2D eigenvalue weighted by molar-refractivity contribution is -0.140. The topological polar surface area (TPSA) is 49.9 Å². The van der Waals surface area contributed by atoms with E-state index in [1.165, 1.54) is 11.3 Å². The molecule has 2 aliphatic heterocycles. The van der Waals surface area contributed by atoms with Crippen LogP contribution < -0.4 is 0 Å². The standard InChI is InChI=1S/C16H22N2O3S/c1-12(19)15-9-13(11-22-15)10-18-4-2-3-14(18)16(20)17-5-7-21-8-6-17/h9,11,14H,2-8,10H2,1H3/t14-/m0/s1. The molecule has 5 nitrogen and oxygen atoms in total. The molecule has 120 valence electrons. The van der Waals surface area contributed by atoms with Gasteiger partial charge >= 0.3 is 0 Å². The smallest absolute Gasteiger partial charge is 0.240 e. The van der Waals surface area contributed by atoms with Gasteiger partial charge in [-0.2, -0.15) is 0 Å². The normalized spacial score (nSPS) is 23.0. The second kappa shape index (κ2) is 6.89. The van der Waals surface area contributed by atoms with Crippen molar-refractivity contribution in [3.8, 4) is 0 Å². The van der Waals surface area contributed by atoms with E-state index in [4.69, 9.17) is 4.74 Å². The Kier molecular flexibility index (Phi) is 4.90. The van der Waals surface area contributed by atoms with Gasteiger partial charge in [-0.05, 0) is 43.3 Å². The molecule has 1 atom stereocenters. The van der Waals surface area contributed by atoms with E-state index < -0.39 is 0 Å². The van der Waals surface area contributed by atoms with E-state index in [1.807, 2.05) is 16.3 Å². The average Bonchev–Trinajstić information content (AvgIpc) is 3.17. The zero-order valence-electron chi connectivity index (χ0n) is 12.9. The summed E-state index contributed by atoms with van der Waals surface area (Å²) in [6.45, 7) is 5.99. The van der Waals surface area contributed by atoms with Crippen LogP contribution in [0.25, 0.3) is 0 Å². The second-order valence-corrected chi connectivity index (χ2v) is 6.85. The molecule has 3 heterocycles. The summed E-state index contributed by atoms with van der Waals surface area (Å²) in [5, 5.41) is 2.03. The van der Waals surface area contributed by atoms with Gasteiger partial charge in [0.2, 0.25) is 5.91 Å². The van der Waals surface area contributed by atoms with Crippen molar-refractivity contribution in [1.29, 1.82) is 0 Å². The molecule has 1 aromatic rings. The fraction of sp³-hybridized carbons (Fsp3) is 0.625. The first kappa shape index (κ1) is 15.6. The fourth-order valence-electron chi connectivity index (χ4n) is 3.17. The van der Waals surface area contributed by atoms with Crippen LogP contribution in [0.4, 0.5) is 0 Å². The SMILES string of the molecule is CC(=O)c1cc(CN2CCC[C@H]2C(=O)N2CCOCC2)cs1. The lowest BCUT2D eigenvalue weighted by Crippen LogP contribution is -2.49. The number of likely N-dealkylation sites (tertiary alicyclic amines) is 1. The van der Waals surface area contributed by atoms with Gasteiger partial charge in [0.1, 0.15) is 0 Å². The van der Waals surface area contributed by atoms with Crippen LogP contribution in [0.2, 0.25) is 0 Å². The van der Waals surface area contributed by atoms with Crippen LogP contribution in [0.5, 0.6) is 0 Å². The Morgan fingerprint density at radius 1 is 1.32 bits per heavy atom. The number of Topliss-reactive ketones (excluding diaryl/α,β-unsaturated/α-hetero) is 1. The molecule has 0 radical (unpaired) electrons. The Morgan fingerprint density at radius 3 is 2.77 bits per heavy atom. The molecule has 2 fully saturated rings. The van der Waals surface area contributed by atoms with Gasteiger partial charge in [0.25, 0.3) is 0 Å². The lowest BCUT2D eigenvalue weighted by atomic mass is 10.1. The number of amides is 1. The number of carbonyl (C=O) groups is 2. The quantitative estimate of drug-likeness (QED) is 0.793. The highest BCUT2D eigenvalue weighted by Gasteiger charge is 2.34. The molecule has 0 N–H and O–H groups in total. The van der Waals surface area contributed by atoms with Crippen molar-refractivity contribution in [3.05, 3.63) is 21.9 Å². The molecular weight excluding hydrogens is 300 g/mol. The van der Waals surface area contributed by atoms with Gasteiger partial charge in [-0.1, -0.05) is 0 Å². The van der Waals surface area contributed by atoms with Gasteiger partial charge < -0.3 is 9.64 Å². The maximum atomic E-state index is 12.7. The van der Waals surface area contributed by atoms with Crippen molar-refractivity contribution in [3.63, 3.8) is 0 Å². The Labute approximate surface area is 134 Å². The minimum absolute atomic E-state index is 0.0150. The zero-order valence-corrected chi connectivity index (χ0v) is 13.7. The first-order chi connectivity index (χ1) is 10.6. The molecule has 0 aromatic carbocycles. The first-order valence-corrected chi connectivity index (χ1v) is 8.72. The van der Waals surface area contributed by atoms with Gasteiger partial charge in [-0.25, -0.2) is 0 Å². The molecule has 6 heteroatoms. The van der Waals surface area contributed by atoms with E-state index in [0.717, 1.165) is 36.4 Å². The Hall–Kier alpha value is -1.24. The number of ether oxygens (including phenoxy) is 1. The molecule has 2 aliphatic rings. The minimum atomic E-state index is -0.0150. The summed E-state index contributed by atoms with van der Waals surface area (Å²) < 4.78 is 5.32. The van der Waals surface area contributed by atoms with Gasteiger partial charge in [0.15, 0.2) is 5.78 Å². The second-order valence-electron chi connectivity index (χ2n) is 5.94. The summed E-state index contributed by atoms with van der Waals surface area (Å²) in [5.41, 5.74) is 1.14. The van der Waals surface area contributed by atoms with Gasteiger partial charge in [-0.3, -0.25) is 14.5 Å². The molecule has 0 saturated carbocycles. The van der Waals surface area contributed by atoms with E-state index in [2.05, 4.69) is 4.90 Å². The molecule has 0 aliphatic carbocycles. The summed E-state index contributed by atoms with van der Waals surface area (Å²) >= 11 is 1.49. The largest absolute Gasteiger partial charge is 0.378 e. The lowest BCUT2D eigenvalue weighted by Gasteiger charge is -2.32. The monoisotopic (exact) mass is 322 g/mol. The Balaban J connectivity index is 1.64. The van der Waals surface area contributed by atoms with Crippen molar-refractivity contribution in [1.82, 2.24) is 9.80 Å². The molecule has 0 spiro atoms. The third kappa shape index (κ3) is 3.39. The maximum Gasteiger partial charge on any atom is 0.240 e. The summed E-state index contributed by atoms with van der Waals surface area (Å²) in [6.07, 6.45) is 1.99. The highest BCUT2D eigenvalue weighted by atomic mass is 32.1. The number of morpholine rings is 1. The van der Waals surface area contributed by atoms with Crippen molar-refractivity contribution < 1.29 is 14.3 Å². The maximum absolute atomic E-state index is 12.7. The highest BCUT2D eigenvalue weighted by Crippen LogP contribution is 2.24. The van der Waals surface area contributed by atoms with Crippen molar-refractivity contribution in [2.75, 3.05) is 32.8 Å².